The zero-order valence-electron chi connectivity index (χ0n) is 26.9. The van der Waals surface area contributed by atoms with E-state index in [9.17, 15) is 14.7 Å². The van der Waals surface area contributed by atoms with Gasteiger partial charge in [-0.2, -0.15) is 0 Å². The third kappa shape index (κ3) is 10.4. The molecule has 0 aliphatic carbocycles. The Kier molecular flexibility index (Phi) is 11.9. The molecule has 1 amide bonds. The van der Waals surface area contributed by atoms with Crippen molar-refractivity contribution in [2.45, 2.75) is 52.2 Å². The highest BCUT2D eigenvalue weighted by atomic mass is 16.5. The quantitative estimate of drug-likeness (QED) is 0.107. The minimum atomic E-state index is -0.877. The SMILES string of the molecule is CCCCCc1ccc(CNC(=O)c2ccc(-c3ccc(CN(CC(=O)O)Cc4cccc(Oc5ccccc5)c4)cc3)cc2)cc1. The summed E-state index contributed by atoms with van der Waals surface area (Å²) in [5.41, 5.74) is 7.05. The van der Waals surface area contributed by atoms with Crippen molar-refractivity contribution in [3.8, 4) is 22.6 Å². The number of hydrogen-bond donors (Lipinski definition) is 2. The molecular weight excluding hydrogens is 584 g/mol. The van der Waals surface area contributed by atoms with Gasteiger partial charge in [-0.05, 0) is 82.6 Å². The van der Waals surface area contributed by atoms with Crippen LogP contribution in [0.25, 0.3) is 11.1 Å². The summed E-state index contributed by atoms with van der Waals surface area (Å²) in [5.74, 6) is 0.479. The van der Waals surface area contributed by atoms with Crippen molar-refractivity contribution in [2.24, 2.45) is 0 Å². The van der Waals surface area contributed by atoms with E-state index >= 15 is 0 Å². The van der Waals surface area contributed by atoms with Crippen LogP contribution >= 0.6 is 0 Å². The van der Waals surface area contributed by atoms with Gasteiger partial charge in [-0.3, -0.25) is 14.5 Å². The number of aryl methyl sites for hydroxylation is 1. The van der Waals surface area contributed by atoms with Gasteiger partial charge >= 0.3 is 5.97 Å². The summed E-state index contributed by atoms with van der Waals surface area (Å²) >= 11 is 0. The van der Waals surface area contributed by atoms with E-state index in [2.05, 4.69) is 36.5 Å². The van der Waals surface area contributed by atoms with Crippen LogP contribution in [-0.4, -0.2) is 28.4 Å². The number of carboxylic acid groups (broad SMARTS) is 1. The predicted octanol–water partition coefficient (Wildman–Crippen LogP) is 8.90. The molecule has 6 heteroatoms. The molecule has 0 radical (unpaired) electrons. The maximum absolute atomic E-state index is 12.8. The smallest absolute Gasteiger partial charge is 0.317 e. The van der Waals surface area contributed by atoms with Gasteiger partial charge < -0.3 is 15.2 Å². The minimum absolute atomic E-state index is 0.0839. The Hall–Kier alpha value is -5.20. The van der Waals surface area contributed by atoms with Crippen molar-refractivity contribution in [2.75, 3.05) is 6.54 Å². The van der Waals surface area contributed by atoms with E-state index in [1.807, 2.05) is 108 Å². The molecule has 0 fully saturated rings. The van der Waals surface area contributed by atoms with Gasteiger partial charge in [-0.25, -0.2) is 0 Å². The van der Waals surface area contributed by atoms with Gasteiger partial charge in [0.1, 0.15) is 11.5 Å². The normalized spacial score (nSPS) is 10.9. The Morgan fingerprint density at radius 3 is 1.96 bits per heavy atom. The first-order valence-corrected chi connectivity index (χ1v) is 16.3. The van der Waals surface area contributed by atoms with Crippen LogP contribution in [0.3, 0.4) is 0 Å². The van der Waals surface area contributed by atoms with E-state index < -0.39 is 5.97 Å². The summed E-state index contributed by atoms with van der Waals surface area (Å²) < 4.78 is 5.97. The number of ether oxygens (including phenoxy) is 1. The molecule has 0 aliphatic rings. The molecule has 0 saturated carbocycles. The fraction of sp³-hybridized carbons (Fsp3) is 0.220. The Morgan fingerprint density at radius 2 is 1.28 bits per heavy atom. The van der Waals surface area contributed by atoms with Crippen LogP contribution in [0.5, 0.6) is 11.5 Å². The molecule has 5 rings (SSSR count). The number of nitrogens with zero attached hydrogens (tertiary/aromatic N) is 1. The first kappa shape index (κ1) is 33.2. The van der Waals surface area contributed by atoms with Crippen LogP contribution in [0, 0.1) is 0 Å². The second-order valence-electron chi connectivity index (χ2n) is 11.8. The number of amides is 1. The number of carboxylic acids is 1. The molecule has 47 heavy (non-hydrogen) atoms. The minimum Gasteiger partial charge on any atom is -0.480 e. The number of aliphatic carboxylic acids is 1. The number of para-hydroxylation sites is 1. The number of carbonyl (C=O) groups is 2. The highest BCUT2D eigenvalue weighted by molar-refractivity contribution is 5.94. The lowest BCUT2D eigenvalue weighted by molar-refractivity contribution is -0.138. The van der Waals surface area contributed by atoms with E-state index in [4.69, 9.17) is 4.74 Å². The van der Waals surface area contributed by atoms with Crippen molar-refractivity contribution < 1.29 is 19.4 Å². The van der Waals surface area contributed by atoms with E-state index in [1.54, 1.807) is 0 Å². The third-order valence-corrected chi connectivity index (χ3v) is 8.03. The average Bonchev–Trinajstić information content (AvgIpc) is 3.09. The number of nitrogens with one attached hydrogen (secondary N) is 1. The fourth-order valence-corrected chi connectivity index (χ4v) is 5.51. The molecule has 2 N–H and O–H groups in total. The van der Waals surface area contributed by atoms with Crippen LogP contribution in [0.15, 0.2) is 127 Å². The summed E-state index contributed by atoms with van der Waals surface area (Å²) in [4.78, 5) is 26.4. The van der Waals surface area contributed by atoms with Crippen molar-refractivity contribution >= 4 is 11.9 Å². The number of rotatable bonds is 16. The Balaban J connectivity index is 1.15. The summed E-state index contributed by atoms with van der Waals surface area (Å²) in [5, 5.41) is 12.6. The van der Waals surface area contributed by atoms with Crippen molar-refractivity contribution in [3.05, 3.63) is 155 Å². The lowest BCUT2D eigenvalue weighted by atomic mass is 10.0. The number of carbonyl (C=O) groups excluding carboxylic acids is 1. The topological polar surface area (TPSA) is 78.9 Å². The first-order valence-electron chi connectivity index (χ1n) is 16.3. The van der Waals surface area contributed by atoms with Gasteiger partial charge in [0.2, 0.25) is 0 Å². The highest BCUT2D eigenvalue weighted by Crippen LogP contribution is 2.24. The first-order chi connectivity index (χ1) is 22.9. The number of hydrogen-bond acceptors (Lipinski definition) is 4. The van der Waals surface area contributed by atoms with E-state index in [0.29, 0.717) is 30.9 Å². The molecule has 0 atom stereocenters. The van der Waals surface area contributed by atoms with Gasteiger partial charge in [0.25, 0.3) is 5.91 Å². The largest absolute Gasteiger partial charge is 0.480 e. The maximum Gasteiger partial charge on any atom is 0.317 e. The molecule has 5 aromatic carbocycles. The molecule has 0 spiro atoms. The number of benzene rings is 5. The standard InChI is InChI=1S/C41H42N2O4/c1-2-3-5-9-31-14-16-32(17-15-31)27-42-41(46)37-24-22-36(23-25-37)35-20-18-33(19-21-35)28-43(30-40(44)45)29-34-10-8-13-39(26-34)47-38-11-6-4-7-12-38/h4,6-8,10-26H,2-3,5,9,27-30H2,1H3,(H,42,46)(H,44,45). The molecule has 0 aliphatic heterocycles. The molecule has 0 aromatic heterocycles. The van der Waals surface area contributed by atoms with Crippen molar-refractivity contribution in [1.29, 1.82) is 0 Å². The van der Waals surface area contributed by atoms with Crippen LogP contribution in [0.2, 0.25) is 0 Å². The average molecular weight is 627 g/mol. The summed E-state index contributed by atoms with van der Waals surface area (Å²) in [6, 6.07) is 41.5. The van der Waals surface area contributed by atoms with Crippen LogP contribution in [-0.2, 0) is 30.8 Å². The fourth-order valence-electron chi connectivity index (χ4n) is 5.51. The number of unbranched alkanes of at least 4 members (excludes halogenated alkanes) is 2. The third-order valence-electron chi connectivity index (χ3n) is 8.03. The molecule has 5 aromatic rings. The van der Waals surface area contributed by atoms with Crippen LogP contribution in [0.1, 0.15) is 58.8 Å². The second-order valence-corrected chi connectivity index (χ2v) is 11.8. The van der Waals surface area contributed by atoms with Gasteiger partial charge in [0.15, 0.2) is 0 Å². The zero-order chi connectivity index (χ0) is 32.8. The highest BCUT2D eigenvalue weighted by Gasteiger charge is 2.13. The van der Waals surface area contributed by atoms with Gasteiger partial charge in [0, 0.05) is 25.2 Å². The molecule has 0 heterocycles. The zero-order valence-corrected chi connectivity index (χ0v) is 26.9. The molecular formula is C41H42N2O4. The lowest BCUT2D eigenvalue weighted by Crippen LogP contribution is -2.28. The maximum atomic E-state index is 12.8. The van der Waals surface area contributed by atoms with E-state index in [-0.39, 0.29) is 12.5 Å². The molecule has 6 nitrogen and oxygen atoms in total. The molecule has 240 valence electrons. The summed E-state index contributed by atoms with van der Waals surface area (Å²) in [7, 11) is 0. The predicted molar refractivity (Wildman–Crippen MR) is 187 cm³/mol. The lowest BCUT2D eigenvalue weighted by Gasteiger charge is -2.21. The molecule has 0 saturated heterocycles. The Morgan fingerprint density at radius 1 is 0.660 bits per heavy atom. The van der Waals surface area contributed by atoms with Gasteiger partial charge in [-0.1, -0.05) is 111 Å². The van der Waals surface area contributed by atoms with Crippen LogP contribution in [0.4, 0.5) is 0 Å². The summed E-state index contributed by atoms with van der Waals surface area (Å²) in [6.45, 7) is 3.57. The Labute approximate surface area is 277 Å². The Bertz CT molecular complexity index is 1720. The van der Waals surface area contributed by atoms with Crippen LogP contribution < -0.4 is 10.1 Å². The van der Waals surface area contributed by atoms with Crippen molar-refractivity contribution in [3.63, 3.8) is 0 Å². The van der Waals surface area contributed by atoms with Crippen molar-refractivity contribution in [1.82, 2.24) is 10.2 Å². The summed E-state index contributed by atoms with van der Waals surface area (Å²) in [6.07, 6.45) is 4.77. The molecule has 0 bridgehead atoms. The monoisotopic (exact) mass is 626 g/mol. The molecule has 0 unspecified atom stereocenters. The van der Waals surface area contributed by atoms with E-state index in [1.165, 1.54) is 24.8 Å². The van der Waals surface area contributed by atoms with Gasteiger partial charge in [0.05, 0.1) is 6.54 Å². The second kappa shape index (κ2) is 16.9. The van der Waals surface area contributed by atoms with Gasteiger partial charge in [-0.15, -0.1) is 0 Å². The van der Waals surface area contributed by atoms with E-state index in [0.717, 1.165) is 40.0 Å².